The van der Waals surface area contributed by atoms with Gasteiger partial charge in [0.15, 0.2) is 0 Å². The number of ether oxygens (including phenoxy) is 1. The van der Waals surface area contributed by atoms with Gasteiger partial charge in [-0.15, -0.1) is 22.7 Å². The van der Waals surface area contributed by atoms with E-state index in [1.165, 1.54) is 23.5 Å². The number of benzene rings is 1. The van der Waals surface area contributed by atoms with Crippen molar-refractivity contribution in [1.29, 1.82) is 0 Å². The lowest BCUT2D eigenvalue weighted by atomic mass is 10.2. The second kappa shape index (κ2) is 7.50. The molecule has 0 spiro atoms. The van der Waals surface area contributed by atoms with Crippen molar-refractivity contribution < 1.29 is 18.3 Å². The van der Waals surface area contributed by atoms with E-state index in [0.29, 0.717) is 5.69 Å². The molecule has 3 rings (SSSR count). The second-order valence-electron chi connectivity index (χ2n) is 4.72. The molecular weight excluding hydrogens is 354 g/mol. The van der Waals surface area contributed by atoms with E-state index in [4.69, 9.17) is 0 Å². The second-order valence-corrected chi connectivity index (χ2v) is 6.53. The van der Waals surface area contributed by atoms with Crippen molar-refractivity contribution in [2.75, 3.05) is 0 Å². The Morgan fingerprint density at radius 2 is 2.00 bits per heavy atom. The number of amides is 1. The summed E-state index contributed by atoms with van der Waals surface area (Å²) in [6.45, 7) is -2.57. The van der Waals surface area contributed by atoms with Gasteiger partial charge in [0.2, 0.25) is 0 Å². The highest BCUT2D eigenvalue weighted by atomic mass is 32.1. The first-order valence-electron chi connectivity index (χ1n) is 6.93. The van der Waals surface area contributed by atoms with Crippen LogP contribution in [0.3, 0.4) is 0 Å². The van der Waals surface area contributed by atoms with Crippen molar-refractivity contribution in [2.45, 2.75) is 13.2 Å². The monoisotopic (exact) mass is 366 g/mol. The van der Waals surface area contributed by atoms with Crippen LogP contribution in [0.4, 0.5) is 8.78 Å². The topological polar surface area (TPSA) is 51.2 Å². The van der Waals surface area contributed by atoms with Crippen LogP contribution in [-0.4, -0.2) is 17.5 Å². The number of rotatable bonds is 6. The quantitative estimate of drug-likeness (QED) is 0.703. The molecule has 0 saturated carbocycles. The molecule has 3 aromatic rings. The normalized spacial score (nSPS) is 10.8. The lowest BCUT2D eigenvalue weighted by Gasteiger charge is -2.06. The number of nitrogens with zero attached hydrogens (tertiary/aromatic N) is 1. The molecule has 0 unspecified atom stereocenters. The molecule has 0 bridgehead atoms. The molecule has 8 heteroatoms. The Morgan fingerprint density at radius 1 is 1.21 bits per heavy atom. The highest BCUT2D eigenvalue weighted by molar-refractivity contribution is 7.20. The van der Waals surface area contributed by atoms with E-state index in [2.05, 4.69) is 15.0 Å². The molecule has 0 atom stereocenters. The lowest BCUT2D eigenvalue weighted by molar-refractivity contribution is -0.0498. The first-order valence-corrected chi connectivity index (χ1v) is 8.69. The summed E-state index contributed by atoms with van der Waals surface area (Å²) < 4.78 is 28.4. The third kappa shape index (κ3) is 4.15. The molecule has 0 aliphatic rings. The van der Waals surface area contributed by atoms with Crippen molar-refractivity contribution in [3.63, 3.8) is 0 Å². The van der Waals surface area contributed by atoms with Gasteiger partial charge in [-0.25, -0.2) is 4.98 Å². The Labute approximate surface area is 144 Å². The summed E-state index contributed by atoms with van der Waals surface area (Å²) in [5.41, 5.74) is 1.14. The average Bonchev–Trinajstić information content (AvgIpc) is 3.24. The Kier molecular flexibility index (Phi) is 5.17. The van der Waals surface area contributed by atoms with Crippen molar-refractivity contribution in [2.24, 2.45) is 0 Å². The standard InChI is InChI=1S/C16H12F2N2O2S2/c17-16(18)22-11-5-3-10(4-6-11)8-19-14(21)12-9-24-15(20-12)13-2-1-7-23-13/h1-7,9,16H,8H2,(H,19,21). The minimum absolute atomic E-state index is 0.0835. The fourth-order valence-corrected chi connectivity index (χ4v) is 3.57. The number of aromatic nitrogens is 1. The Hall–Kier alpha value is -2.32. The number of hydrogen-bond donors (Lipinski definition) is 1. The number of thiazole rings is 1. The van der Waals surface area contributed by atoms with Gasteiger partial charge in [0.25, 0.3) is 5.91 Å². The zero-order valence-electron chi connectivity index (χ0n) is 12.2. The third-order valence-corrected chi connectivity index (χ3v) is 4.95. The van der Waals surface area contributed by atoms with Crippen LogP contribution in [0.5, 0.6) is 5.75 Å². The summed E-state index contributed by atoms with van der Waals surface area (Å²) in [5, 5.41) is 7.23. The maximum atomic E-state index is 12.1. The van der Waals surface area contributed by atoms with Gasteiger partial charge in [-0.1, -0.05) is 18.2 Å². The summed E-state index contributed by atoms with van der Waals surface area (Å²) in [6.07, 6.45) is 0. The summed E-state index contributed by atoms with van der Waals surface area (Å²) in [6, 6.07) is 10.00. The van der Waals surface area contributed by atoms with Crippen LogP contribution in [0.15, 0.2) is 47.2 Å². The van der Waals surface area contributed by atoms with E-state index < -0.39 is 6.61 Å². The number of nitrogens with one attached hydrogen (secondary N) is 1. The molecule has 2 heterocycles. The van der Waals surface area contributed by atoms with Crippen LogP contribution in [0, 0.1) is 0 Å². The smallest absolute Gasteiger partial charge is 0.387 e. The number of halogens is 2. The molecular formula is C16H12F2N2O2S2. The molecule has 0 aliphatic carbocycles. The highest BCUT2D eigenvalue weighted by Gasteiger charge is 2.12. The van der Waals surface area contributed by atoms with Gasteiger partial charge >= 0.3 is 6.61 Å². The van der Waals surface area contributed by atoms with Gasteiger partial charge < -0.3 is 10.1 Å². The van der Waals surface area contributed by atoms with Crippen LogP contribution in [0.1, 0.15) is 16.1 Å². The number of thiophene rings is 1. The zero-order valence-corrected chi connectivity index (χ0v) is 13.9. The number of alkyl halides is 2. The number of carbonyl (C=O) groups is 1. The summed E-state index contributed by atoms with van der Waals surface area (Å²) >= 11 is 2.98. The van der Waals surface area contributed by atoms with E-state index >= 15 is 0 Å². The minimum Gasteiger partial charge on any atom is -0.435 e. The van der Waals surface area contributed by atoms with Crippen LogP contribution in [0.25, 0.3) is 9.88 Å². The van der Waals surface area contributed by atoms with Crippen LogP contribution < -0.4 is 10.1 Å². The Bertz CT molecular complexity index is 802. The first-order chi connectivity index (χ1) is 11.6. The number of hydrogen-bond acceptors (Lipinski definition) is 5. The van der Waals surface area contributed by atoms with Crippen molar-refractivity contribution in [3.8, 4) is 15.6 Å². The van der Waals surface area contributed by atoms with Gasteiger partial charge in [-0.3, -0.25) is 4.79 Å². The largest absolute Gasteiger partial charge is 0.435 e. The molecule has 24 heavy (non-hydrogen) atoms. The zero-order chi connectivity index (χ0) is 16.9. The fraction of sp³-hybridized carbons (Fsp3) is 0.125. The lowest BCUT2D eigenvalue weighted by Crippen LogP contribution is -2.23. The number of carbonyl (C=O) groups excluding carboxylic acids is 1. The summed E-state index contributed by atoms with van der Waals surface area (Å²) in [4.78, 5) is 17.5. The van der Waals surface area contributed by atoms with Crippen LogP contribution in [0.2, 0.25) is 0 Å². The van der Waals surface area contributed by atoms with Crippen molar-refractivity contribution >= 4 is 28.6 Å². The maximum absolute atomic E-state index is 12.1. The molecule has 0 saturated heterocycles. The average molecular weight is 366 g/mol. The van der Waals surface area contributed by atoms with E-state index in [9.17, 15) is 13.6 Å². The maximum Gasteiger partial charge on any atom is 0.387 e. The molecule has 1 amide bonds. The predicted octanol–water partition coefficient (Wildman–Crippen LogP) is 4.40. The molecule has 0 aliphatic heterocycles. The van der Waals surface area contributed by atoms with E-state index in [0.717, 1.165) is 15.4 Å². The third-order valence-electron chi connectivity index (χ3n) is 3.07. The van der Waals surface area contributed by atoms with Crippen LogP contribution in [-0.2, 0) is 6.54 Å². The Balaban J connectivity index is 1.57. The molecule has 124 valence electrons. The summed E-state index contributed by atoms with van der Waals surface area (Å²) in [5.74, 6) is -0.192. The molecule has 1 aromatic carbocycles. The SMILES string of the molecule is O=C(NCc1ccc(OC(F)F)cc1)c1csc(-c2cccs2)n1. The molecule has 0 fully saturated rings. The molecule has 1 N–H and O–H groups in total. The molecule has 4 nitrogen and oxygen atoms in total. The van der Waals surface area contributed by atoms with Crippen molar-refractivity contribution in [1.82, 2.24) is 10.3 Å². The highest BCUT2D eigenvalue weighted by Crippen LogP contribution is 2.27. The summed E-state index contributed by atoms with van der Waals surface area (Å²) in [7, 11) is 0. The first kappa shape index (κ1) is 16.5. The fourth-order valence-electron chi connectivity index (χ4n) is 1.95. The molecule has 2 aromatic heterocycles. The van der Waals surface area contributed by atoms with E-state index in [1.54, 1.807) is 28.8 Å². The van der Waals surface area contributed by atoms with E-state index in [-0.39, 0.29) is 18.2 Å². The van der Waals surface area contributed by atoms with E-state index in [1.807, 2.05) is 17.5 Å². The minimum atomic E-state index is -2.85. The van der Waals surface area contributed by atoms with Gasteiger partial charge in [0, 0.05) is 11.9 Å². The molecule has 0 radical (unpaired) electrons. The van der Waals surface area contributed by atoms with Gasteiger partial charge in [-0.05, 0) is 29.1 Å². The Morgan fingerprint density at radius 3 is 2.67 bits per heavy atom. The van der Waals surface area contributed by atoms with Crippen LogP contribution >= 0.6 is 22.7 Å². The van der Waals surface area contributed by atoms with Gasteiger partial charge in [0.1, 0.15) is 16.5 Å². The van der Waals surface area contributed by atoms with Gasteiger partial charge in [-0.2, -0.15) is 8.78 Å². The van der Waals surface area contributed by atoms with Crippen molar-refractivity contribution in [3.05, 3.63) is 58.4 Å². The predicted molar refractivity (Wildman–Crippen MR) is 89.7 cm³/mol. The van der Waals surface area contributed by atoms with Gasteiger partial charge in [0.05, 0.1) is 4.88 Å².